The Morgan fingerprint density at radius 3 is 2.74 bits per heavy atom. The van der Waals surface area contributed by atoms with E-state index in [1.165, 1.54) is 0 Å². The van der Waals surface area contributed by atoms with Crippen molar-refractivity contribution in [3.63, 3.8) is 0 Å². The fourth-order valence-corrected chi connectivity index (χ4v) is 1.69. The smallest absolute Gasteiger partial charge is 0.325 e. The van der Waals surface area contributed by atoms with Gasteiger partial charge in [0.2, 0.25) is 5.16 Å². The molecule has 0 aromatic carbocycles. The molecular weight excluding hydrogens is 278 g/mol. The number of carboxylic acid groups (broad SMARTS) is 1. The van der Waals surface area contributed by atoms with Gasteiger partial charge in [0.25, 0.3) is 0 Å². The lowest BCUT2D eigenvalue weighted by Gasteiger charge is -1.99. The maximum atomic E-state index is 10.6. The molecular formula is C7H5N7O4S. The molecule has 19 heavy (non-hydrogen) atoms. The van der Waals surface area contributed by atoms with Crippen molar-refractivity contribution >= 4 is 23.4 Å². The van der Waals surface area contributed by atoms with E-state index in [0.29, 0.717) is 0 Å². The van der Waals surface area contributed by atoms with Crippen LogP contribution in [-0.2, 0) is 11.3 Å². The van der Waals surface area contributed by atoms with Gasteiger partial charge < -0.3 is 5.11 Å². The first-order valence-electron chi connectivity index (χ1n) is 4.68. The van der Waals surface area contributed by atoms with Crippen molar-refractivity contribution in [3.8, 4) is 0 Å². The standard InChI is InChI=1S/C7H5N7O4S/c15-5(16)3-13-7(10-11-12-13)19-6-8-1-4(2-9-6)14(17)18/h1-2H,3H2,(H,15,16). The Hall–Kier alpha value is -2.63. The van der Waals surface area contributed by atoms with Gasteiger partial charge in [0.05, 0.1) is 4.92 Å². The molecule has 0 spiro atoms. The third-order valence-corrected chi connectivity index (χ3v) is 2.66. The average Bonchev–Trinajstić information content (AvgIpc) is 2.76. The van der Waals surface area contributed by atoms with Crippen LogP contribution in [0.3, 0.4) is 0 Å². The van der Waals surface area contributed by atoms with Crippen LogP contribution in [-0.4, -0.2) is 46.2 Å². The third kappa shape index (κ3) is 3.19. The Kier molecular flexibility index (Phi) is 3.61. The van der Waals surface area contributed by atoms with Crippen LogP contribution in [0.5, 0.6) is 0 Å². The third-order valence-electron chi connectivity index (χ3n) is 1.79. The Morgan fingerprint density at radius 1 is 1.47 bits per heavy atom. The van der Waals surface area contributed by atoms with Gasteiger partial charge in [-0.3, -0.25) is 14.9 Å². The van der Waals surface area contributed by atoms with Crippen LogP contribution in [0.4, 0.5) is 5.69 Å². The van der Waals surface area contributed by atoms with Crippen LogP contribution in [0.15, 0.2) is 22.7 Å². The fourth-order valence-electron chi connectivity index (χ4n) is 1.03. The molecule has 2 rings (SSSR count). The maximum absolute atomic E-state index is 10.6. The molecule has 2 aromatic rings. The van der Waals surface area contributed by atoms with E-state index in [1.54, 1.807) is 0 Å². The summed E-state index contributed by atoms with van der Waals surface area (Å²) in [6, 6.07) is 0. The molecule has 2 heterocycles. The van der Waals surface area contributed by atoms with Gasteiger partial charge in [-0.25, -0.2) is 14.6 Å². The van der Waals surface area contributed by atoms with Crippen LogP contribution in [0.1, 0.15) is 0 Å². The molecule has 0 aliphatic rings. The first-order chi connectivity index (χ1) is 9.06. The van der Waals surface area contributed by atoms with Gasteiger partial charge in [-0.1, -0.05) is 0 Å². The molecule has 0 radical (unpaired) electrons. The minimum atomic E-state index is -1.10. The number of nitrogens with zero attached hydrogens (tertiary/aromatic N) is 7. The Morgan fingerprint density at radius 2 is 2.16 bits per heavy atom. The van der Waals surface area contributed by atoms with Crippen molar-refractivity contribution in [2.24, 2.45) is 0 Å². The summed E-state index contributed by atoms with van der Waals surface area (Å²) in [5.74, 6) is -1.10. The summed E-state index contributed by atoms with van der Waals surface area (Å²) in [5.41, 5.74) is -0.241. The van der Waals surface area contributed by atoms with Crippen molar-refractivity contribution in [2.75, 3.05) is 0 Å². The van der Waals surface area contributed by atoms with Crippen LogP contribution in [0.25, 0.3) is 0 Å². The number of nitro groups is 1. The number of hydrogen-bond acceptors (Lipinski definition) is 9. The predicted molar refractivity (Wildman–Crippen MR) is 58.3 cm³/mol. The molecule has 11 nitrogen and oxygen atoms in total. The lowest BCUT2D eigenvalue weighted by Crippen LogP contribution is -2.11. The zero-order valence-electron chi connectivity index (χ0n) is 9.07. The van der Waals surface area contributed by atoms with Crippen molar-refractivity contribution in [1.29, 1.82) is 0 Å². The molecule has 2 aromatic heterocycles. The minimum Gasteiger partial charge on any atom is -0.480 e. The molecule has 12 heteroatoms. The van der Waals surface area contributed by atoms with Gasteiger partial charge in [-0.05, 0) is 22.2 Å². The highest BCUT2D eigenvalue weighted by atomic mass is 32.2. The van der Waals surface area contributed by atoms with Crippen molar-refractivity contribution in [1.82, 2.24) is 30.2 Å². The predicted octanol–water partition coefficient (Wildman–Crippen LogP) is -0.393. The minimum absolute atomic E-state index is 0.173. The van der Waals surface area contributed by atoms with E-state index >= 15 is 0 Å². The van der Waals surface area contributed by atoms with Crippen LogP contribution < -0.4 is 0 Å². The molecule has 0 fully saturated rings. The van der Waals surface area contributed by atoms with E-state index in [4.69, 9.17) is 5.11 Å². The molecule has 1 N–H and O–H groups in total. The maximum Gasteiger partial charge on any atom is 0.325 e. The second kappa shape index (κ2) is 5.34. The van der Waals surface area contributed by atoms with Crippen molar-refractivity contribution in [3.05, 3.63) is 22.5 Å². The van der Waals surface area contributed by atoms with Crippen molar-refractivity contribution in [2.45, 2.75) is 16.9 Å². The van der Waals surface area contributed by atoms with Gasteiger partial charge in [-0.2, -0.15) is 0 Å². The summed E-state index contributed by atoms with van der Waals surface area (Å²) in [4.78, 5) is 27.9. The normalized spacial score (nSPS) is 10.3. The highest BCUT2D eigenvalue weighted by Crippen LogP contribution is 2.22. The average molecular weight is 283 g/mol. The molecule has 98 valence electrons. The summed E-state index contributed by atoms with van der Waals surface area (Å²) in [5, 5.41) is 29.8. The summed E-state index contributed by atoms with van der Waals surface area (Å²) in [6.45, 7) is -0.400. The lowest BCUT2D eigenvalue weighted by molar-refractivity contribution is -0.385. The number of aliphatic carboxylic acids is 1. The first kappa shape index (κ1) is 12.8. The van der Waals surface area contributed by atoms with E-state index in [2.05, 4.69) is 25.5 Å². The van der Waals surface area contributed by atoms with Gasteiger partial charge >= 0.3 is 11.7 Å². The van der Waals surface area contributed by atoms with Gasteiger partial charge in [0.15, 0.2) is 5.16 Å². The van der Waals surface area contributed by atoms with E-state index < -0.39 is 17.4 Å². The monoisotopic (exact) mass is 283 g/mol. The van der Waals surface area contributed by atoms with Gasteiger partial charge in [-0.15, -0.1) is 5.10 Å². The summed E-state index contributed by atoms with van der Waals surface area (Å²) in [6.07, 6.45) is 2.08. The number of tetrazole rings is 1. The zero-order valence-corrected chi connectivity index (χ0v) is 9.89. The first-order valence-corrected chi connectivity index (χ1v) is 5.50. The van der Waals surface area contributed by atoms with Crippen LogP contribution in [0, 0.1) is 10.1 Å². The fraction of sp³-hybridized carbons (Fsp3) is 0.143. The van der Waals surface area contributed by atoms with E-state index in [-0.39, 0.29) is 16.0 Å². The van der Waals surface area contributed by atoms with Crippen LogP contribution >= 0.6 is 11.8 Å². The van der Waals surface area contributed by atoms with Crippen molar-refractivity contribution < 1.29 is 14.8 Å². The van der Waals surface area contributed by atoms with E-state index in [0.717, 1.165) is 28.8 Å². The topological polar surface area (TPSA) is 150 Å². The number of carboxylic acids is 1. The number of aromatic nitrogens is 6. The van der Waals surface area contributed by atoms with Crippen LogP contribution in [0.2, 0.25) is 0 Å². The molecule has 0 aliphatic heterocycles. The highest BCUT2D eigenvalue weighted by molar-refractivity contribution is 7.99. The quantitative estimate of drug-likeness (QED) is 0.436. The number of hydrogen-bond donors (Lipinski definition) is 1. The molecule has 0 bridgehead atoms. The molecule has 0 aliphatic carbocycles. The Labute approximate surface area is 108 Å². The number of rotatable bonds is 5. The SMILES string of the molecule is O=C(O)Cn1nnnc1Sc1ncc([N+](=O)[O-])cn1. The van der Waals surface area contributed by atoms with E-state index in [9.17, 15) is 14.9 Å². The second-order valence-electron chi connectivity index (χ2n) is 3.10. The summed E-state index contributed by atoms with van der Waals surface area (Å²) in [7, 11) is 0. The summed E-state index contributed by atoms with van der Waals surface area (Å²) >= 11 is 0.902. The zero-order chi connectivity index (χ0) is 13.8. The van der Waals surface area contributed by atoms with Gasteiger partial charge in [0.1, 0.15) is 18.9 Å². The molecule has 0 atom stereocenters. The molecule has 0 saturated heterocycles. The molecule has 0 amide bonds. The molecule has 0 unspecified atom stereocenters. The Bertz CT molecular complexity index is 612. The highest BCUT2D eigenvalue weighted by Gasteiger charge is 2.14. The lowest BCUT2D eigenvalue weighted by atomic mass is 10.6. The Balaban J connectivity index is 2.15. The number of carbonyl (C=O) groups is 1. The largest absolute Gasteiger partial charge is 0.480 e. The van der Waals surface area contributed by atoms with E-state index in [1.807, 2.05) is 0 Å². The second-order valence-corrected chi connectivity index (χ2v) is 4.03. The van der Waals surface area contributed by atoms with Gasteiger partial charge in [0, 0.05) is 0 Å². The summed E-state index contributed by atoms with van der Waals surface area (Å²) < 4.78 is 1.05. The molecule has 0 saturated carbocycles.